The van der Waals surface area contributed by atoms with Crippen LogP contribution in [-0.4, -0.2) is 28.7 Å². The molecule has 136 valence electrons. The number of benzene rings is 1. The minimum Gasteiger partial charge on any atom is -0.350 e. The molecule has 4 aliphatic rings. The highest BCUT2D eigenvalue weighted by atomic mass is 16.2. The molecule has 2 bridgehead atoms. The van der Waals surface area contributed by atoms with Crippen molar-refractivity contribution in [3.63, 3.8) is 0 Å². The molecule has 1 aromatic carbocycles. The van der Waals surface area contributed by atoms with E-state index in [-0.39, 0.29) is 41.4 Å². The van der Waals surface area contributed by atoms with Crippen molar-refractivity contribution in [2.75, 3.05) is 0 Å². The van der Waals surface area contributed by atoms with Crippen molar-refractivity contribution in [3.05, 3.63) is 48.0 Å². The minimum atomic E-state index is -0.719. The van der Waals surface area contributed by atoms with Crippen molar-refractivity contribution < 1.29 is 14.4 Å². The summed E-state index contributed by atoms with van der Waals surface area (Å²) in [6.07, 6.45) is 6.56. The van der Waals surface area contributed by atoms with Crippen LogP contribution in [0.1, 0.15) is 31.7 Å². The van der Waals surface area contributed by atoms with Gasteiger partial charge in [-0.1, -0.05) is 49.4 Å². The molecule has 0 radical (unpaired) electrons. The molecule has 5 rings (SSSR count). The Morgan fingerprint density at radius 3 is 2.15 bits per heavy atom. The Labute approximate surface area is 153 Å². The molecule has 1 saturated carbocycles. The molecule has 1 heterocycles. The number of hydrogen-bond acceptors (Lipinski definition) is 3. The molecule has 3 aliphatic carbocycles. The van der Waals surface area contributed by atoms with Crippen molar-refractivity contribution in [2.24, 2.45) is 23.7 Å². The van der Waals surface area contributed by atoms with E-state index in [0.29, 0.717) is 13.0 Å². The second-order valence-electron chi connectivity index (χ2n) is 7.52. The molecular weight excluding hydrogens is 328 g/mol. The van der Waals surface area contributed by atoms with Crippen molar-refractivity contribution in [1.29, 1.82) is 0 Å². The lowest BCUT2D eigenvalue weighted by atomic mass is 9.63. The third kappa shape index (κ3) is 2.66. The monoisotopic (exact) mass is 352 g/mol. The summed E-state index contributed by atoms with van der Waals surface area (Å²) in [5.74, 6) is -0.782. The van der Waals surface area contributed by atoms with Crippen LogP contribution in [0.3, 0.4) is 0 Å². The Kier molecular flexibility index (Phi) is 4.39. The summed E-state index contributed by atoms with van der Waals surface area (Å²) >= 11 is 0. The van der Waals surface area contributed by atoms with Gasteiger partial charge in [-0.05, 0) is 36.7 Å². The Bertz CT molecular complexity index is 726. The van der Waals surface area contributed by atoms with Crippen molar-refractivity contribution in [2.45, 2.75) is 38.8 Å². The first-order valence-electron chi connectivity index (χ1n) is 9.48. The summed E-state index contributed by atoms with van der Waals surface area (Å²) < 4.78 is 0. The van der Waals surface area contributed by atoms with E-state index in [2.05, 4.69) is 17.5 Å². The lowest BCUT2D eigenvalue weighted by Crippen LogP contribution is -2.49. The normalized spacial score (nSPS) is 30.4. The van der Waals surface area contributed by atoms with Crippen LogP contribution < -0.4 is 5.32 Å². The van der Waals surface area contributed by atoms with Crippen LogP contribution in [0.4, 0.5) is 0 Å². The van der Waals surface area contributed by atoms with E-state index in [1.165, 1.54) is 4.90 Å². The van der Waals surface area contributed by atoms with Gasteiger partial charge in [-0.15, -0.1) is 0 Å². The maximum absolute atomic E-state index is 13.0. The number of carbonyl (C=O) groups excluding carboxylic acids is 3. The molecule has 5 heteroatoms. The largest absolute Gasteiger partial charge is 0.350 e. The van der Waals surface area contributed by atoms with Crippen LogP contribution >= 0.6 is 0 Å². The Morgan fingerprint density at radius 2 is 1.65 bits per heavy atom. The van der Waals surface area contributed by atoms with E-state index in [4.69, 9.17) is 0 Å². The van der Waals surface area contributed by atoms with Gasteiger partial charge in [0.25, 0.3) is 0 Å². The topological polar surface area (TPSA) is 66.5 Å². The van der Waals surface area contributed by atoms with E-state index in [1.54, 1.807) is 0 Å². The molecule has 1 saturated heterocycles. The fraction of sp³-hybridized carbons (Fsp3) is 0.476. The van der Waals surface area contributed by atoms with Crippen LogP contribution in [0.15, 0.2) is 42.5 Å². The number of allylic oxidation sites excluding steroid dienone is 2. The number of rotatable bonds is 5. The van der Waals surface area contributed by atoms with E-state index in [1.807, 2.05) is 37.3 Å². The average molecular weight is 352 g/mol. The van der Waals surface area contributed by atoms with Crippen LogP contribution in [0, 0.1) is 23.7 Å². The van der Waals surface area contributed by atoms with Crippen molar-refractivity contribution in [3.8, 4) is 0 Å². The second-order valence-corrected chi connectivity index (χ2v) is 7.52. The van der Waals surface area contributed by atoms with Gasteiger partial charge >= 0.3 is 0 Å². The lowest BCUT2D eigenvalue weighted by Gasteiger charge is -2.38. The number of amides is 3. The summed E-state index contributed by atoms with van der Waals surface area (Å²) in [6, 6.07) is 8.91. The molecule has 0 spiro atoms. The smallest absolute Gasteiger partial charge is 0.243 e. The fourth-order valence-electron chi connectivity index (χ4n) is 4.79. The van der Waals surface area contributed by atoms with Crippen LogP contribution in [0.2, 0.25) is 0 Å². The van der Waals surface area contributed by atoms with Crippen LogP contribution in [-0.2, 0) is 20.9 Å². The molecule has 0 aromatic heterocycles. The van der Waals surface area contributed by atoms with Gasteiger partial charge in [0.15, 0.2) is 0 Å². The molecule has 5 nitrogen and oxygen atoms in total. The van der Waals surface area contributed by atoms with E-state index in [9.17, 15) is 14.4 Å². The second kappa shape index (κ2) is 6.71. The Balaban J connectivity index is 1.50. The van der Waals surface area contributed by atoms with Gasteiger partial charge in [-0.25, -0.2) is 0 Å². The molecular formula is C21H24N2O3. The van der Waals surface area contributed by atoms with Gasteiger partial charge < -0.3 is 5.32 Å². The van der Waals surface area contributed by atoms with E-state index >= 15 is 0 Å². The van der Waals surface area contributed by atoms with Gasteiger partial charge in [0.1, 0.15) is 6.04 Å². The number of nitrogens with one attached hydrogen (secondary N) is 1. The SMILES string of the molecule is CC[C@H](C(=O)NCc1ccccc1)N1C(=O)[C@@H]2[C@H](C1=O)[C@H]1C=C[C@H]2CC1. The molecule has 26 heavy (non-hydrogen) atoms. The predicted octanol–water partition coefficient (Wildman–Crippen LogP) is 2.28. The lowest BCUT2D eigenvalue weighted by molar-refractivity contribution is -0.148. The van der Waals surface area contributed by atoms with Gasteiger partial charge in [-0.3, -0.25) is 19.3 Å². The van der Waals surface area contributed by atoms with Crippen LogP contribution in [0.25, 0.3) is 0 Å². The van der Waals surface area contributed by atoms with E-state index < -0.39 is 6.04 Å². The van der Waals surface area contributed by atoms with Crippen molar-refractivity contribution in [1.82, 2.24) is 10.2 Å². The Hall–Kier alpha value is -2.43. The third-order valence-corrected chi connectivity index (χ3v) is 6.10. The zero-order valence-corrected chi connectivity index (χ0v) is 14.9. The summed E-state index contributed by atoms with van der Waals surface area (Å²) in [6.45, 7) is 2.24. The third-order valence-electron chi connectivity index (χ3n) is 6.10. The molecule has 1 N–H and O–H groups in total. The fourth-order valence-corrected chi connectivity index (χ4v) is 4.79. The average Bonchev–Trinajstić information content (AvgIpc) is 2.96. The standard InChI is InChI=1S/C21H24N2O3/c1-2-16(19(24)22-12-13-6-4-3-5-7-13)23-20(25)17-14-8-9-15(11-10-14)18(17)21(23)26/h3-9,14-18H,2,10-12H2,1H3,(H,22,24)/t14-,15-,16+,17-,18+/m0/s1. The number of nitrogens with zero attached hydrogens (tertiary/aromatic N) is 1. The molecule has 5 atom stereocenters. The summed E-state index contributed by atoms with van der Waals surface area (Å²) in [5.41, 5.74) is 0.991. The predicted molar refractivity (Wildman–Crippen MR) is 96.6 cm³/mol. The van der Waals surface area contributed by atoms with E-state index in [0.717, 1.165) is 18.4 Å². The van der Waals surface area contributed by atoms with Gasteiger partial charge in [-0.2, -0.15) is 0 Å². The number of carbonyl (C=O) groups is 3. The molecule has 0 unspecified atom stereocenters. The van der Waals surface area contributed by atoms with Crippen LogP contribution in [0.5, 0.6) is 0 Å². The number of hydrogen-bond donors (Lipinski definition) is 1. The number of imide groups is 1. The first kappa shape index (κ1) is 17.0. The highest BCUT2D eigenvalue weighted by Gasteiger charge is 2.58. The first-order chi connectivity index (χ1) is 12.6. The quantitative estimate of drug-likeness (QED) is 0.653. The highest BCUT2D eigenvalue weighted by molar-refractivity contribution is 6.09. The number of fused-ring (bicyclic) bond motifs is 1. The Morgan fingerprint density at radius 1 is 1.08 bits per heavy atom. The van der Waals surface area contributed by atoms with Gasteiger partial charge in [0, 0.05) is 6.54 Å². The van der Waals surface area contributed by atoms with Gasteiger partial charge in [0.05, 0.1) is 11.8 Å². The summed E-state index contributed by atoms with van der Waals surface area (Å²) in [5, 5.41) is 2.89. The molecule has 3 amide bonds. The number of likely N-dealkylation sites (tertiary alicyclic amines) is 1. The zero-order chi connectivity index (χ0) is 18.3. The maximum Gasteiger partial charge on any atom is 0.243 e. The molecule has 1 aliphatic heterocycles. The minimum absolute atomic E-state index is 0.149. The van der Waals surface area contributed by atoms with Crippen molar-refractivity contribution >= 4 is 17.7 Å². The maximum atomic E-state index is 13.0. The molecule has 1 aromatic rings. The highest BCUT2D eigenvalue weighted by Crippen LogP contribution is 2.50. The summed E-state index contributed by atoms with van der Waals surface area (Å²) in [7, 11) is 0. The zero-order valence-electron chi connectivity index (χ0n) is 14.9. The van der Waals surface area contributed by atoms with Gasteiger partial charge in [0.2, 0.25) is 17.7 Å². The summed E-state index contributed by atoms with van der Waals surface area (Å²) in [4.78, 5) is 40.0. The molecule has 2 fully saturated rings. The first-order valence-corrected chi connectivity index (χ1v) is 9.48.